The summed E-state index contributed by atoms with van der Waals surface area (Å²) in [4.78, 5) is 11.6. The highest BCUT2D eigenvalue weighted by atomic mass is 79.9. The quantitative estimate of drug-likeness (QED) is 0.783. The summed E-state index contributed by atoms with van der Waals surface area (Å²) in [5, 5.41) is 5.63. The molecule has 7 heteroatoms. The third kappa shape index (κ3) is 4.89. The molecular weight excluding hydrogens is 326 g/mol. The lowest BCUT2D eigenvalue weighted by atomic mass is 10.3. The van der Waals surface area contributed by atoms with Gasteiger partial charge in [-0.15, -0.1) is 0 Å². The van der Waals surface area contributed by atoms with Gasteiger partial charge >= 0.3 is 0 Å². The lowest BCUT2D eigenvalue weighted by molar-refractivity contribution is -0.115. The first-order valence-electron chi connectivity index (χ1n) is 5.18. The third-order valence-corrected chi connectivity index (χ3v) is 2.96. The Bertz CT molecular complexity index is 408. The lowest BCUT2D eigenvalue weighted by Gasteiger charge is -2.10. The van der Waals surface area contributed by atoms with Crippen LogP contribution in [0.4, 0.5) is 10.1 Å². The molecule has 2 N–H and O–H groups in total. The van der Waals surface area contributed by atoms with Crippen molar-refractivity contribution in [3.05, 3.63) is 27.4 Å². The van der Waals surface area contributed by atoms with Crippen molar-refractivity contribution in [3.8, 4) is 0 Å². The molecule has 0 unspecified atom stereocenters. The monoisotopic (exact) mass is 338 g/mol. The van der Waals surface area contributed by atoms with Gasteiger partial charge in [0.25, 0.3) is 0 Å². The number of rotatable bonds is 6. The molecular formula is C11H13BrClFN2O2. The Balaban J connectivity index is 2.54. The van der Waals surface area contributed by atoms with Gasteiger partial charge in [-0.3, -0.25) is 4.79 Å². The van der Waals surface area contributed by atoms with E-state index in [9.17, 15) is 9.18 Å². The van der Waals surface area contributed by atoms with E-state index in [2.05, 4.69) is 26.6 Å². The van der Waals surface area contributed by atoms with E-state index >= 15 is 0 Å². The van der Waals surface area contributed by atoms with Crippen LogP contribution < -0.4 is 10.6 Å². The van der Waals surface area contributed by atoms with E-state index < -0.39 is 5.82 Å². The summed E-state index contributed by atoms with van der Waals surface area (Å²) in [7, 11) is 1.58. The minimum absolute atomic E-state index is 0.128. The van der Waals surface area contributed by atoms with Crippen LogP contribution in [0.5, 0.6) is 0 Å². The van der Waals surface area contributed by atoms with Crippen LogP contribution in [0.25, 0.3) is 0 Å². The standard InChI is InChI=1S/C11H13BrClFN2O2/c1-18-3-2-15-6-10(17)16-11-8(12)4-7(14)5-9(11)13/h4-5,15H,2-3,6H2,1H3,(H,16,17). The van der Waals surface area contributed by atoms with Crippen LogP contribution >= 0.6 is 27.5 Å². The number of hydrogen-bond donors (Lipinski definition) is 2. The number of carbonyl (C=O) groups is 1. The molecule has 0 atom stereocenters. The van der Waals surface area contributed by atoms with Crippen molar-refractivity contribution in [3.63, 3.8) is 0 Å². The van der Waals surface area contributed by atoms with Crippen molar-refractivity contribution in [2.24, 2.45) is 0 Å². The van der Waals surface area contributed by atoms with Crippen molar-refractivity contribution in [1.82, 2.24) is 5.32 Å². The normalized spacial score (nSPS) is 10.4. The molecule has 0 aliphatic carbocycles. The highest BCUT2D eigenvalue weighted by molar-refractivity contribution is 9.10. The first-order valence-corrected chi connectivity index (χ1v) is 6.35. The van der Waals surface area contributed by atoms with E-state index in [1.54, 1.807) is 7.11 Å². The van der Waals surface area contributed by atoms with Crippen molar-refractivity contribution in [2.45, 2.75) is 0 Å². The molecule has 18 heavy (non-hydrogen) atoms. The van der Waals surface area contributed by atoms with Crippen LogP contribution in [0.2, 0.25) is 5.02 Å². The molecule has 0 radical (unpaired) electrons. The van der Waals surface area contributed by atoms with Gasteiger partial charge in [-0.25, -0.2) is 4.39 Å². The molecule has 1 amide bonds. The van der Waals surface area contributed by atoms with Crippen LogP contribution in [-0.2, 0) is 9.53 Å². The molecule has 0 bridgehead atoms. The Hall–Kier alpha value is -0.690. The summed E-state index contributed by atoms with van der Waals surface area (Å²) < 4.78 is 18.2. The maximum Gasteiger partial charge on any atom is 0.238 e. The molecule has 0 saturated carbocycles. The SMILES string of the molecule is COCCNCC(=O)Nc1c(Cl)cc(F)cc1Br. The van der Waals surface area contributed by atoms with Crippen molar-refractivity contribution >= 4 is 39.1 Å². The van der Waals surface area contributed by atoms with Gasteiger partial charge < -0.3 is 15.4 Å². The number of amides is 1. The average Bonchev–Trinajstić information content (AvgIpc) is 2.29. The van der Waals surface area contributed by atoms with Crippen LogP contribution in [0, 0.1) is 5.82 Å². The Kier molecular flexibility index (Phi) is 6.56. The van der Waals surface area contributed by atoms with Gasteiger partial charge in [0.2, 0.25) is 5.91 Å². The fourth-order valence-electron chi connectivity index (χ4n) is 1.22. The second kappa shape index (κ2) is 7.68. The van der Waals surface area contributed by atoms with E-state index in [1.165, 1.54) is 6.07 Å². The van der Waals surface area contributed by atoms with E-state index in [4.69, 9.17) is 16.3 Å². The van der Waals surface area contributed by atoms with Gasteiger partial charge in [0.1, 0.15) is 5.82 Å². The molecule has 100 valence electrons. The predicted molar refractivity (Wildman–Crippen MR) is 72.5 cm³/mol. The van der Waals surface area contributed by atoms with Gasteiger partial charge in [-0.05, 0) is 28.1 Å². The minimum Gasteiger partial charge on any atom is -0.383 e. The van der Waals surface area contributed by atoms with E-state index in [-0.39, 0.29) is 17.5 Å². The predicted octanol–water partition coefficient (Wildman–Crippen LogP) is 2.42. The number of methoxy groups -OCH3 is 1. The number of nitrogens with one attached hydrogen (secondary N) is 2. The van der Waals surface area contributed by atoms with Gasteiger partial charge in [-0.2, -0.15) is 0 Å². The summed E-state index contributed by atoms with van der Waals surface area (Å²) in [6, 6.07) is 2.38. The number of carbonyl (C=O) groups excluding carboxylic acids is 1. The summed E-state index contributed by atoms with van der Waals surface area (Å²) in [5.74, 6) is -0.733. The van der Waals surface area contributed by atoms with E-state index in [0.717, 1.165) is 6.07 Å². The largest absolute Gasteiger partial charge is 0.383 e. The molecule has 0 aliphatic rings. The number of hydrogen-bond acceptors (Lipinski definition) is 3. The zero-order valence-electron chi connectivity index (χ0n) is 9.73. The van der Waals surface area contributed by atoms with Gasteiger partial charge in [0.05, 0.1) is 23.9 Å². The van der Waals surface area contributed by atoms with E-state index in [1.807, 2.05) is 0 Å². The molecule has 1 aromatic carbocycles. The van der Waals surface area contributed by atoms with Crippen molar-refractivity contribution in [1.29, 1.82) is 0 Å². The van der Waals surface area contributed by atoms with Crippen LogP contribution in [0.1, 0.15) is 0 Å². The smallest absolute Gasteiger partial charge is 0.238 e. The van der Waals surface area contributed by atoms with E-state index in [0.29, 0.717) is 23.3 Å². The van der Waals surface area contributed by atoms with Crippen molar-refractivity contribution < 1.29 is 13.9 Å². The van der Waals surface area contributed by atoms with Gasteiger partial charge in [-0.1, -0.05) is 11.6 Å². The first-order chi connectivity index (χ1) is 8.54. The van der Waals surface area contributed by atoms with Gasteiger partial charge in [0.15, 0.2) is 0 Å². The molecule has 0 fully saturated rings. The molecule has 4 nitrogen and oxygen atoms in total. The summed E-state index contributed by atoms with van der Waals surface area (Å²) in [6.07, 6.45) is 0. The maximum atomic E-state index is 13.0. The molecule has 1 aromatic rings. The molecule has 0 spiro atoms. The van der Waals surface area contributed by atoms with Crippen LogP contribution in [-0.4, -0.2) is 32.7 Å². The number of anilines is 1. The lowest BCUT2D eigenvalue weighted by Crippen LogP contribution is -2.30. The van der Waals surface area contributed by atoms with Crippen LogP contribution in [0.3, 0.4) is 0 Å². The Morgan fingerprint density at radius 1 is 1.56 bits per heavy atom. The summed E-state index contributed by atoms with van der Waals surface area (Å²) in [5.41, 5.74) is 0.358. The second-order valence-corrected chi connectivity index (χ2v) is 4.72. The highest BCUT2D eigenvalue weighted by Gasteiger charge is 2.11. The number of halogens is 3. The topological polar surface area (TPSA) is 50.4 Å². The molecule has 0 heterocycles. The highest BCUT2D eigenvalue weighted by Crippen LogP contribution is 2.31. The molecule has 0 aromatic heterocycles. The van der Waals surface area contributed by atoms with Gasteiger partial charge in [0, 0.05) is 18.1 Å². The minimum atomic E-state index is -0.469. The van der Waals surface area contributed by atoms with Crippen molar-refractivity contribution in [2.75, 3.05) is 32.1 Å². The zero-order chi connectivity index (χ0) is 13.5. The zero-order valence-corrected chi connectivity index (χ0v) is 12.1. The van der Waals surface area contributed by atoms with Crippen LogP contribution in [0.15, 0.2) is 16.6 Å². The summed E-state index contributed by atoms with van der Waals surface area (Å²) >= 11 is 8.98. The molecule has 1 rings (SSSR count). The molecule has 0 aliphatic heterocycles. The maximum absolute atomic E-state index is 13.0. The number of ether oxygens (including phenoxy) is 1. The Morgan fingerprint density at radius 2 is 2.28 bits per heavy atom. The fraction of sp³-hybridized carbons (Fsp3) is 0.364. The molecule has 0 saturated heterocycles. The fourth-order valence-corrected chi connectivity index (χ4v) is 2.12. The average molecular weight is 340 g/mol. The Morgan fingerprint density at radius 3 is 2.89 bits per heavy atom. The second-order valence-electron chi connectivity index (χ2n) is 3.46. The number of benzene rings is 1. The third-order valence-electron chi connectivity index (χ3n) is 2.04. The first kappa shape index (κ1) is 15.4. The Labute approximate surface area is 118 Å². The summed E-state index contributed by atoms with van der Waals surface area (Å²) in [6.45, 7) is 1.22.